The first kappa shape index (κ1) is 12.8. The Morgan fingerprint density at radius 2 is 1.85 bits per heavy atom. The maximum absolute atomic E-state index is 12.3. The third-order valence-corrected chi connectivity index (χ3v) is 7.29. The van der Waals surface area contributed by atoms with Crippen molar-refractivity contribution in [3.63, 3.8) is 0 Å². The lowest BCUT2D eigenvalue weighted by Crippen LogP contribution is -2.52. The Balaban J connectivity index is 1.68. The molecule has 110 valence electrons. The quantitative estimate of drug-likeness (QED) is 0.638. The first-order valence-electron chi connectivity index (χ1n) is 8.18. The molecule has 1 saturated heterocycles. The van der Waals surface area contributed by atoms with Crippen molar-refractivity contribution in [2.24, 2.45) is 28.6 Å². The third-order valence-electron chi connectivity index (χ3n) is 7.29. The van der Waals surface area contributed by atoms with E-state index < -0.39 is 0 Å². The lowest BCUT2D eigenvalue weighted by molar-refractivity contribution is -0.146. The SMILES string of the molecule is CC12CC[C@H]3C(CCC4OC(=O)C[C@@]43C)[C@@H]1CCC2=O. The monoisotopic (exact) mass is 276 g/mol. The molecule has 3 unspecified atom stereocenters. The molecule has 4 rings (SSSR count). The molecule has 3 saturated carbocycles. The van der Waals surface area contributed by atoms with Crippen molar-refractivity contribution in [1.82, 2.24) is 0 Å². The number of hydrogen-bond donors (Lipinski definition) is 0. The van der Waals surface area contributed by atoms with Gasteiger partial charge >= 0.3 is 5.97 Å². The predicted octanol–water partition coefficient (Wildman–Crippen LogP) is 3.11. The number of Topliss-reactive ketones (excluding diaryl/α,β-unsaturated/α-hetero) is 1. The largest absolute Gasteiger partial charge is 0.462 e. The van der Waals surface area contributed by atoms with Crippen LogP contribution in [-0.4, -0.2) is 17.9 Å². The molecule has 20 heavy (non-hydrogen) atoms. The van der Waals surface area contributed by atoms with E-state index in [0.717, 1.165) is 38.5 Å². The smallest absolute Gasteiger partial charge is 0.306 e. The molecule has 0 spiro atoms. The molecular weight excluding hydrogens is 252 g/mol. The highest BCUT2D eigenvalue weighted by Gasteiger charge is 2.62. The second-order valence-electron chi connectivity index (χ2n) is 8.03. The van der Waals surface area contributed by atoms with Crippen LogP contribution >= 0.6 is 0 Å². The zero-order valence-electron chi connectivity index (χ0n) is 12.5. The van der Waals surface area contributed by atoms with Gasteiger partial charge in [0.1, 0.15) is 11.9 Å². The van der Waals surface area contributed by atoms with Crippen molar-refractivity contribution in [2.45, 2.75) is 64.9 Å². The first-order valence-corrected chi connectivity index (χ1v) is 8.18. The van der Waals surface area contributed by atoms with Gasteiger partial charge in [-0.25, -0.2) is 0 Å². The predicted molar refractivity (Wildman–Crippen MR) is 73.9 cm³/mol. The topological polar surface area (TPSA) is 43.4 Å². The van der Waals surface area contributed by atoms with Crippen LogP contribution in [0.25, 0.3) is 0 Å². The molecule has 0 N–H and O–H groups in total. The van der Waals surface area contributed by atoms with Crippen molar-refractivity contribution < 1.29 is 14.3 Å². The number of esters is 1. The number of ketones is 1. The highest BCUT2D eigenvalue weighted by Crippen LogP contribution is 2.63. The maximum atomic E-state index is 12.3. The summed E-state index contributed by atoms with van der Waals surface area (Å²) in [5, 5.41) is 0. The molecule has 1 heterocycles. The third kappa shape index (κ3) is 1.42. The second kappa shape index (κ2) is 3.86. The summed E-state index contributed by atoms with van der Waals surface area (Å²) in [6.07, 6.45) is 6.86. The molecule has 0 amide bonds. The van der Waals surface area contributed by atoms with Crippen LogP contribution < -0.4 is 0 Å². The lowest BCUT2D eigenvalue weighted by Gasteiger charge is -2.54. The van der Waals surface area contributed by atoms with Gasteiger partial charge in [-0.2, -0.15) is 0 Å². The summed E-state index contributed by atoms with van der Waals surface area (Å²) in [6.45, 7) is 4.47. The number of hydrogen-bond acceptors (Lipinski definition) is 3. The van der Waals surface area contributed by atoms with Crippen LogP contribution in [0.2, 0.25) is 0 Å². The molecule has 0 aromatic carbocycles. The van der Waals surface area contributed by atoms with Gasteiger partial charge in [0.05, 0.1) is 6.42 Å². The minimum absolute atomic E-state index is 0.00557. The van der Waals surface area contributed by atoms with Gasteiger partial charge in [-0.1, -0.05) is 13.8 Å². The summed E-state index contributed by atoms with van der Waals surface area (Å²) in [7, 11) is 0. The Morgan fingerprint density at radius 1 is 1.05 bits per heavy atom. The fraction of sp³-hybridized carbons (Fsp3) is 0.882. The summed E-state index contributed by atoms with van der Waals surface area (Å²) in [5.41, 5.74) is -0.0270. The van der Waals surface area contributed by atoms with E-state index in [1.807, 2.05) is 0 Å². The number of carbonyl (C=O) groups excluding carboxylic acids is 2. The van der Waals surface area contributed by atoms with E-state index in [4.69, 9.17) is 4.74 Å². The molecule has 0 bridgehead atoms. The van der Waals surface area contributed by atoms with Crippen molar-refractivity contribution >= 4 is 11.8 Å². The van der Waals surface area contributed by atoms with E-state index in [0.29, 0.717) is 30.0 Å². The van der Waals surface area contributed by atoms with Crippen LogP contribution in [0.15, 0.2) is 0 Å². The zero-order valence-corrected chi connectivity index (χ0v) is 12.5. The summed E-state index contributed by atoms with van der Waals surface area (Å²) >= 11 is 0. The van der Waals surface area contributed by atoms with Gasteiger partial charge in [0.2, 0.25) is 0 Å². The van der Waals surface area contributed by atoms with E-state index in [9.17, 15) is 9.59 Å². The maximum Gasteiger partial charge on any atom is 0.306 e. The Hall–Kier alpha value is -0.860. The minimum atomic E-state index is -0.0617. The van der Waals surface area contributed by atoms with Gasteiger partial charge in [-0.3, -0.25) is 9.59 Å². The van der Waals surface area contributed by atoms with E-state index in [1.54, 1.807) is 0 Å². The lowest BCUT2D eigenvalue weighted by atomic mass is 9.49. The Morgan fingerprint density at radius 3 is 2.65 bits per heavy atom. The molecule has 3 heteroatoms. The van der Waals surface area contributed by atoms with E-state index in [-0.39, 0.29) is 22.9 Å². The summed E-state index contributed by atoms with van der Waals surface area (Å²) in [4.78, 5) is 24.0. The van der Waals surface area contributed by atoms with Crippen LogP contribution in [0.5, 0.6) is 0 Å². The van der Waals surface area contributed by atoms with Gasteiger partial charge in [0, 0.05) is 17.3 Å². The summed E-state index contributed by atoms with van der Waals surface area (Å²) in [6, 6.07) is 0. The second-order valence-corrected chi connectivity index (χ2v) is 8.03. The fourth-order valence-electron chi connectivity index (χ4n) is 6.14. The van der Waals surface area contributed by atoms with Gasteiger partial charge in [0.15, 0.2) is 0 Å². The molecule has 0 radical (unpaired) electrons. The van der Waals surface area contributed by atoms with E-state index in [2.05, 4.69) is 13.8 Å². The van der Waals surface area contributed by atoms with Crippen molar-refractivity contribution in [3.05, 3.63) is 0 Å². The number of rotatable bonds is 0. The Kier molecular flexibility index (Phi) is 2.48. The molecule has 0 aromatic rings. The van der Waals surface area contributed by atoms with Gasteiger partial charge in [-0.15, -0.1) is 0 Å². The molecule has 3 aliphatic carbocycles. The normalized spacial score (nSPS) is 54.1. The minimum Gasteiger partial charge on any atom is -0.462 e. The van der Waals surface area contributed by atoms with Crippen molar-refractivity contribution in [1.29, 1.82) is 0 Å². The molecule has 3 nitrogen and oxygen atoms in total. The van der Waals surface area contributed by atoms with Gasteiger partial charge < -0.3 is 4.74 Å². The van der Waals surface area contributed by atoms with Crippen LogP contribution in [0.4, 0.5) is 0 Å². The number of fused-ring (bicyclic) bond motifs is 5. The molecule has 6 atom stereocenters. The van der Waals surface area contributed by atoms with Gasteiger partial charge in [-0.05, 0) is 49.9 Å². The molecule has 4 fully saturated rings. The fourth-order valence-corrected chi connectivity index (χ4v) is 6.14. The standard InChI is InChI=1S/C17H24O3/c1-16-8-7-12-10(11(16)4-5-13(16)18)3-6-14-17(12,2)9-15(19)20-14/h10-12,14H,3-9H2,1-2H3/t10?,11-,12-,14?,16?,17+/m0/s1. The van der Waals surface area contributed by atoms with Crippen molar-refractivity contribution in [3.8, 4) is 0 Å². The van der Waals surface area contributed by atoms with Crippen LogP contribution in [-0.2, 0) is 14.3 Å². The highest BCUT2D eigenvalue weighted by atomic mass is 16.6. The highest BCUT2D eigenvalue weighted by molar-refractivity contribution is 5.87. The zero-order chi connectivity index (χ0) is 14.1. The van der Waals surface area contributed by atoms with E-state index in [1.165, 1.54) is 0 Å². The van der Waals surface area contributed by atoms with Gasteiger partial charge in [0.25, 0.3) is 0 Å². The Labute approximate surface area is 120 Å². The van der Waals surface area contributed by atoms with Crippen LogP contribution in [0.3, 0.4) is 0 Å². The first-order chi connectivity index (χ1) is 9.45. The molecule has 0 aromatic heterocycles. The average Bonchev–Trinajstić information content (AvgIpc) is 2.86. The average molecular weight is 276 g/mol. The van der Waals surface area contributed by atoms with Crippen LogP contribution in [0, 0.1) is 28.6 Å². The molecule has 1 aliphatic heterocycles. The van der Waals surface area contributed by atoms with Crippen LogP contribution in [0.1, 0.15) is 58.8 Å². The number of ether oxygens (including phenoxy) is 1. The molecular formula is C17H24O3. The summed E-state index contributed by atoms with van der Waals surface area (Å²) in [5.74, 6) is 2.26. The Bertz CT molecular complexity index is 485. The van der Waals surface area contributed by atoms with E-state index >= 15 is 0 Å². The number of carbonyl (C=O) groups is 2. The summed E-state index contributed by atoms with van der Waals surface area (Å²) < 4.78 is 5.57. The molecule has 4 aliphatic rings. The van der Waals surface area contributed by atoms with Crippen molar-refractivity contribution in [2.75, 3.05) is 0 Å².